The van der Waals surface area contributed by atoms with Gasteiger partial charge in [-0.1, -0.05) is 18.2 Å². The zero-order chi connectivity index (χ0) is 21.2. The minimum absolute atomic E-state index is 0.00766. The Hall–Kier alpha value is -3.17. The fraction of sp³-hybridized carbons (Fsp3) is 0.263. The van der Waals surface area contributed by atoms with E-state index in [-0.39, 0.29) is 30.8 Å². The van der Waals surface area contributed by atoms with Crippen LogP contribution in [0.15, 0.2) is 42.5 Å². The van der Waals surface area contributed by atoms with Gasteiger partial charge < -0.3 is 15.0 Å². The molecule has 0 radical (unpaired) electrons. The smallest absolute Gasteiger partial charge is 0.405 e. The molecule has 1 atom stereocenters. The average Bonchev–Trinajstić information content (AvgIpc) is 3.00. The molecule has 5 nitrogen and oxygen atoms in total. The summed E-state index contributed by atoms with van der Waals surface area (Å²) in [7, 11) is 0. The lowest BCUT2D eigenvalue weighted by molar-refractivity contribution is -0.274. The molecule has 1 N–H and O–H groups in total. The Bertz CT molecular complexity index is 912. The van der Waals surface area contributed by atoms with Gasteiger partial charge in [-0.15, -0.1) is 13.2 Å². The highest BCUT2D eigenvalue weighted by Gasteiger charge is 2.36. The topological polar surface area (TPSA) is 58.6 Å². The first kappa shape index (κ1) is 20.6. The molecule has 1 heterocycles. The number of amides is 2. The van der Waals surface area contributed by atoms with Crippen molar-refractivity contribution >= 4 is 17.5 Å². The van der Waals surface area contributed by atoms with Gasteiger partial charge in [-0.05, 0) is 18.2 Å². The second kappa shape index (κ2) is 8.06. The minimum atomic E-state index is -4.88. The number of alkyl halides is 3. The molecule has 0 aliphatic carbocycles. The summed E-state index contributed by atoms with van der Waals surface area (Å²) in [6.07, 6.45) is -5.07. The molecule has 1 aliphatic rings. The van der Waals surface area contributed by atoms with Gasteiger partial charge >= 0.3 is 6.36 Å². The van der Waals surface area contributed by atoms with E-state index in [2.05, 4.69) is 10.1 Å². The maximum absolute atomic E-state index is 13.4. The Morgan fingerprint density at radius 3 is 2.45 bits per heavy atom. The predicted molar refractivity (Wildman–Crippen MR) is 91.8 cm³/mol. The zero-order valence-electron chi connectivity index (χ0n) is 14.8. The van der Waals surface area contributed by atoms with Gasteiger partial charge in [0.15, 0.2) is 0 Å². The van der Waals surface area contributed by atoms with Gasteiger partial charge in [0, 0.05) is 36.8 Å². The molecule has 3 rings (SSSR count). The molecule has 10 heteroatoms. The van der Waals surface area contributed by atoms with E-state index >= 15 is 0 Å². The highest BCUT2D eigenvalue weighted by Crippen LogP contribution is 2.28. The summed E-state index contributed by atoms with van der Waals surface area (Å²) in [5.74, 6) is -4.04. The average molecular weight is 414 g/mol. The van der Waals surface area contributed by atoms with Crippen molar-refractivity contribution in [3.05, 3.63) is 59.7 Å². The number of hydrogen-bond donors (Lipinski definition) is 1. The van der Waals surface area contributed by atoms with Gasteiger partial charge in [-0.2, -0.15) is 0 Å². The van der Waals surface area contributed by atoms with E-state index in [9.17, 15) is 31.5 Å². The highest BCUT2D eigenvalue weighted by molar-refractivity contribution is 6.00. The monoisotopic (exact) mass is 414 g/mol. The maximum atomic E-state index is 13.4. The Kier molecular flexibility index (Phi) is 5.71. The first-order valence-corrected chi connectivity index (χ1v) is 8.50. The van der Waals surface area contributed by atoms with E-state index in [4.69, 9.17) is 0 Å². The van der Waals surface area contributed by atoms with Gasteiger partial charge in [0.1, 0.15) is 17.4 Å². The quantitative estimate of drug-likeness (QED) is 0.762. The lowest BCUT2D eigenvalue weighted by Gasteiger charge is -2.17. The lowest BCUT2D eigenvalue weighted by Crippen LogP contribution is -2.33. The number of nitrogens with zero attached hydrogens (tertiary/aromatic N) is 1. The van der Waals surface area contributed by atoms with Gasteiger partial charge in [0.05, 0.1) is 5.92 Å². The van der Waals surface area contributed by atoms with Crippen molar-refractivity contribution in [1.29, 1.82) is 0 Å². The molecule has 0 saturated carbocycles. The number of carbonyl (C=O) groups excluding carboxylic acids is 2. The van der Waals surface area contributed by atoms with Crippen molar-refractivity contribution in [2.75, 3.05) is 11.4 Å². The number of hydrogen-bond acceptors (Lipinski definition) is 3. The third-order valence-corrected chi connectivity index (χ3v) is 4.31. The van der Waals surface area contributed by atoms with Crippen molar-refractivity contribution in [3.8, 4) is 5.75 Å². The van der Waals surface area contributed by atoms with Crippen LogP contribution in [0.2, 0.25) is 0 Å². The number of anilines is 1. The van der Waals surface area contributed by atoms with Crippen molar-refractivity contribution in [3.63, 3.8) is 0 Å². The number of benzene rings is 2. The largest absolute Gasteiger partial charge is 0.573 e. The summed E-state index contributed by atoms with van der Waals surface area (Å²) in [6.45, 7) is -0.349. The molecular formula is C19H15F5N2O3. The van der Waals surface area contributed by atoms with Crippen molar-refractivity contribution in [1.82, 2.24) is 5.32 Å². The molecule has 0 aromatic heterocycles. The minimum Gasteiger partial charge on any atom is -0.405 e. The Labute approximate surface area is 162 Å². The Morgan fingerprint density at radius 2 is 1.79 bits per heavy atom. The van der Waals surface area contributed by atoms with Crippen LogP contribution >= 0.6 is 0 Å². The molecule has 29 heavy (non-hydrogen) atoms. The number of para-hydroxylation sites is 1. The van der Waals surface area contributed by atoms with Crippen LogP contribution in [0.4, 0.5) is 27.6 Å². The standard InChI is InChI=1S/C19H15F5N2O3/c20-13-6-14(21)8-15(7-13)26-10-12(5-17(26)27)18(28)25-9-11-3-1-2-4-16(11)29-19(22,23)24/h1-4,6-8,12H,5,9-10H2,(H,25,28). The maximum Gasteiger partial charge on any atom is 0.573 e. The van der Waals surface area contributed by atoms with E-state index in [1.54, 1.807) is 0 Å². The fourth-order valence-electron chi connectivity index (χ4n) is 3.03. The Balaban J connectivity index is 1.65. The number of carbonyl (C=O) groups is 2. The van der Waals surface area contributed by atoms with Crippen molar-refractivity contribution < 1.29 is 36.3 Å². The lowest BCUT2D eigenvalue weighted by atomic mass is 10.1. The summed E-state index contributed by atoms with van der Waals surface area (Å²) in [6, 6.07) is 7.95. The molecule has 2 aromatic rings. The molecule has 0 bridgehead atoms. The van der Waals surface area contributed by atoms with E-state index in [0.29, 0.717) is 6.07 Å². The van der Waals surface area contributed by atoms with E-state index in [0.717, 1.165) is 23.1 Å². The summed E-state index contributed by atoms with van der Waals surface area (Å²) in [4.78, 5) is 25.6. The predicted octanol–water partition coefficient (Wildman–Crippen LogP) is 3.53. The normalized spacial score (nSPS) is 16.8. The highest BCUT2D eigenvalue weighted by atomic mass is 19.4. The van der Waals surface area contributed by atoms with Crippen LogP contribution in [-0.2, 0) is 16.1 Å². The molecule has 1 saturated heterocycles. The van der Waals surface area contributed by atoms with Crippen molar-refractivity contribution in [2.24, 2.45) is 5.92 Å². The summed E-state index contributed by atoms with van der Waals surface area (Å²) >= 11 is 0. The third kappa shape index (κ3) is 5.21. The van der Waals surface area contributed by atoms with Crippen molar-refractivity contribution in [2.45, 2.75) is 19.3 Å². The van der Waals surface area contributed by atoms with E-state index in [1.165, 1.54) is 18.2 Å². The number of halogens is 5. The molecular weight excluding hydrogens is 399 g/mol. The summed E-state index contributed by atoms with van der Waals surface area (Å²) in [5.41, 5.74) is 0.0956. The van der Waals surface area contributed by atoms with Crippen LogP contribution in [0.25, 0.3) is 0 Å². The zero-order valence-corrected chi connectivity index (χ0v) is 14.8. The summed E-state index contributed by atoms with van der Waals surface area (Å²) < 4.78 is 68.1. The summed E-state index contributed by atoms with van der Waals surface area (Å²) in [5, 5.41) is 2.47. The number of rotatable bonds is 5. The molecule has 1 unspecified atom stereocenters. The molecule has 154 valence electrons. The SMILES string of the molecule is O=C(NCc1ccccc1OC(F)(F)F)C1CC(=O)N(c2cc(F)cc(F)c2)C1. The number of nitrogens with one attached hydrogen (secondary N) is 1. The second-order valence-corrected chi connectivity index (χ2v) is 6.41. The first-order chi connectivity index (χ1) is 13.6. The van der Waals surface area contributed by atoms with Gasteiger partial charge in [0.25, 0.3) is 0 Å². The Morgan fingerprint density at radius 1 is 1.14 bits per heavy atom. The first-order valence-electron chi connectivity index (χ1n) is 8.50. The molecule has 1 fully saturated rings. The number of ether oxygens (including phenoxy) is 1. The van der Waals surface area contributed by atoms with Crippen LogP contribution in [0.1, 0.15) is 12.0 Å². The molecule has 1 aliphatic heterocycles. The van der Waals surface area contributed by atoms with Gasteiger partial charge in [-0.25, -0.2) is 8.78 Å². The van der Waals surface area contributed by atoms with Crippen LogP contribution in [0.3, 0.4) is 0 Å². The van der Waals surface area contributed by atoms with E-state index in [1.807, 2.05) is 0 Å². The molecule has 0 spiro atoms. The van der Waals surface area contributed by atoms with E-state index < -0.39 is 41.5 Å². The molecule has 2 aromatic carbocycles. The third-order valence-electron chi connectivity index (χ3n) is 4.31. The second-order valence-electron chi connectivity index (χ2n) is 6.41. The van der Waals surface area contributed by atoms with Crippen LogP contribution in [0.5, 0.6) is 5.75 Å². The molecule has 2 amide bonds. The van der Waals surface area contributed by atoms with Crippen LogP contribution in [-0.4, -0.2) is 24.7 Å². The fourth-order valence-corrected chi connectivity index (χ4v) is 3.03. The van der Waals surface area contributed by atoms with Crippen LogP contribution < -0.4 is 15.0 Å². The van der Waals surface area contributed by atoms with Gasteiger partial charge in [-0.3, -0.25) is 9.59 Å². The van der Waals surface area contributed by atoms with Crippen LogP contribution in [0, 0.1) is 17.6 Å². The van der Waals surface area contributed by atoms with Gasteiger partial charge in [0.2, 0.25) is 11.8 Å².